The number of aryl methyl sites for hydroxylation is 1. The zero-order chi connectivity index (χ0) is 15.9. The maximum atomic E-state index is 13.7. The van der Waals surface area contributed by atoms with Crippen molar-refractivity contribution in [1.29, 1.82) is 0 Å². The predicted octanol–water partition coefficient (Wildman–Crippen LogP) is 2.11. The second-order valence-corrected chi connectivity index (χ2v) is 6.74. The normalized spacial score (nSPS) is 11.9. The van der Waals surface area contributed by atoms with E-state index in [0.29, 0.717) is 18.5 Å². The third kappa shape index (κ3) is 5.61. The van der Waals surface area contributed by atoms with Crippen molar-refractivity contribution in [3.8, 4) is 0 Å². The molecule has 21 heavy (non-hydrogen) atoms. The van der Waals surface area contributed by atoms with E-state index in [0.717, 1.165) is 19.5 Å². The molecular weight excluding hydrogens is 293 g/mol. The van der Waals surface area contributed by atoms with Crippen LogP contribution in [0.3, 0.4) is 0 Å². The van der Waals surface area contributed by atoms with E-state index in [1.54, 1.807) is 19.1 Å². The number of halogens is 1. The van der Waals surface area contributed by atoms with Gasteiger partial charge < -0.3 is 5.32 Å². The molecule has 0 heterocycles. The van der Waals surface area contributed by atoms with Crippen LogP contribution in [0.15, 0.2) is 18.2 Å². The minimum absolute atomic E-state index is 0.00783. The van der Waals surface area contributed by atoms with Gasteiger partial charge >= 0.3 is 10.2 Å². The first-order valence-electron chi connectivity index (χ1n) is 7.08. The fraction of sp³-hybridized carbons (Fsp3) is 0.571. The Bertz CT molecular complexity index is 529. The minimum atomic E-state index is -3.74. The number of benzene rings is 1. The van der Waals surface area contributed by atoms with Crippen molar-refractivity contribution in [2.45, 2.75) is 26.7 Å². The highest BCUT2D eigenvalue weighted by Crippen LogP contribution is 2.20. The molecule has 0 bridgehead atoms. The molecule has 0 saturated carbocycles. The van der Waals surface area contributed by atoms with E-state index in [1.165, 1.54) is 17.4 Å². The van der Waals surface area contributed by atoms with Gasteiger partial charge in [0.15, 0.2) is 0 Å². The third-order valence-electron chi connectivity index (χ3n) is 3.12. The summed E-state index contributed by atoms with van der Waals surface area (Å²) < 4.78 is 41.5. The molecule has 0 spiro atoms. The molecule has 0 fully saturated rings. The molecule has 1 rings (SSSR count). The molecule has 0 unspecified atom stereocenters. The highest BCUT2D eigenvalue weighted by Gasteiger charge is 2.19. The van der Waals surface area contributed by atoms with Crippen molar-refractivity contribution < 1.29 is 12.8 Å². The topological polar surface area (TPSA) is 61.4 Å². The van der Waals surface area contributed by atoms with Crippen LogP contribution in [0.2, 0.25) is 0 Å². The van der Waals surface area contributed by atoms with E-state index in [1.807, 2.05) is 0 Å². The minimum Gasteiger partial charge on any atom is -0.317 e. The highest BCUT2D eigenvalue weighted by atomic mass is 32.2. The van der Waals surface area contributed by atoms with Crippen molar-refractivity contribution in [3.63, 3.8) is 0 Å². The van der Waals surface area contributed by atoms with Crippen LogP contribution in [0.1, 0.15) is 25.3 Å². The lowest BCUT2D eigenvalue weighted by Crippen LogP contribution is -2.35. The molecule has 1 aromatic carbocycles. The van der Waals surface area contributed by atoms with Gasteiger partial charge in [-0.05, 0) is 44.5 Å². The van der Waals surface area contributed by atoms with E-state index in [9.17, 15) is 12.8 Å². The summed E-state index contributed by atoms with van der Waals surface area (Å²) in [5.74, 6) is -0.573. The van der Waals surface area contributed by atoms with Gasteiger partial charge in [0.2, 0.25) is 0 Å². The Labute approximate surface area is 126 Å². The van der Waals surface area contributed by atoms with E-state index in [-0.39, 0.29) is 5.69 Å². The van der Waals surface area contributed by atoms with E-state index in [2.05, 4.69) is 17.0 Å². The molecule has 0 aliphatic heterocycles. The molecule has 120 valence electrons. The lowest BCUT2D eigenvalue weighted by Gasteiger charge is -2.19. The summed E-state index contributed by atoms with van der Waals surface area (Å²) in [4.78, 5) is 0. The first-order valence-corrected chi connectivity index (χ1v) is 8.52. The Morgan fingerprint density at radius 3 is 2.62 bits per heavy atom. The van der Waals surface area contributed by atoms with Crippen LogP contribution >= 0.6 is 0 Å². The van der Waals surface area contributed by atoms with Crippen LogP contribution in [-0.4, -0.2) is 39.4 Å². The molecule has 0 radical (unpaired) electrons. The molecule has 0 saturated heterocycles. The predicted molar refractivity (Wildman–Crippen MR) is 84.1 cm³/mol. The smallest absolute Gasteiger partial charge is 0.301 e. The third-order valence-corrected chi connectivity index (χ3v) is 4.58. The van der Waals surface area contributed by atoms with Crippen molar-refractivity contribution in [3.05, 3.63) is 29.6 Å². The second-order valence-electron chi connectivity index (χ2n) is 4.96. The lowest BCUT2D eigenvalue weighted by molar-refractivity contribution is 0.458. The standard InChI is InChI=1S/C14H24FN3O2S/c1-4-9-16-10-6-11-18(3)21(19,20)17-14-12(2)7-5-8-13(14)15/h5,7-8,16-17H,4,6,9-11H2,1-3H3. The Morgan fingerprint density at radius 1 is 1.29 bits per heavy atom. The summed E-state index contributed by atoms with van der Waals surface area (Å²) in [6.07, 6.45) is 1.75. The van der Waals surface area contributed by atoms with Crippen LogP contribution in [0.5, 0.6) is 0 Å². The van der Waals surface area contributed by atoms with Crippen LogP contribution in [0.25, 0.3) is 0 Å². The molecule has 2 N–H and O–H groups in total. The fourth-order valence-electron chi connectivity index (χ4n) is 1.82. The molecule has 5 nitrogen and oxygen atoms in total. The number of hydrogen-bond acceptors (Lipinski definition) is 3. The molecule has 1 aromatic rings. The van der Waals surface area contributed by atoms with Gasteiger partial charge in [-0.15, -0.1) is 0 Å². The Kier molecular flexibility index (Phi) is 7.07. The van der Waals surface area contributed by atoms with Gasteiger partial charge in [-0.3, -0.25) is 4.72 Å². The summed E-state index contributed by atoms with van der Waals surface area (Å²) in [6, 6.07) is 4.45. The highest BCUT2D eigenvalue weighted by molar-refractivity contribution is 7.90. The molecule has 0 aliphatic rings. The number of para-hydroxylation sites is 1. The number of anilines is 1. The van der Waals surface area contributed by atoms with Crippen LogP contribution in [0, 0.1) is 12.7 Å². The average Bonchev–Trinajstić information content (AvgIpc) is 2.42. The van der Waals surface area contributed by atoms with E-state index >= 15 is 0 Å². The van der Waals surface area contributed by atoms with Gasteiger partial charge in [-0.2, -0.15) is 12.7 Å². The fourth-order valence-corrected chi connectivity index (χ4v) is 2.86. The zero-order valence-electron chi connectivity index (χ0n) is 12.8. The second kappa shape index (κ2) is 8.31. The maximum Gasteiger partial charge on any atom is 0.301 e. The Balaban J connectivity index is 2.60. The first-order chi connectivity index (χ1) is 9.88. The monoisotopic (exact) mass is 317 g/mol. The summed E-state index contributed by atoms with van der Waals surface area (Å²) in [5, 5.41) is 3.21. The van der Waals surface area contributed by atoms with E-state index < -0.39 is 16.0 Å². The van der Waals surface area contributed by atoms with Crippen molar-refractivity contribution >= 4 is 15.9 Å². The first kappa shape index (κ1) is 17.9. The average molecular weight is 317 g/mol. The zero-order valence-corrected chi connectivity index (χ0v) is 13.6. The lowest BCUT2D eigenvalue weighted by atomic mass is 10.2. The van der Waals surface area contributed by atoms with Gasteiger partial charge in [0.05, 0.1) is 5.69 Å². The number of nitrogens with one attached hydrogen (secondary N) is 2. The quantitative estimate of drug-likeness (QED) is 0.686. The van der Waals surface area contributed by atoms with Crippen LogP contribution in [0.4, 0.5) is 10.1 Å². The molecule has 7 heteroatoms. The van der Waals surface area contributed by atoms with Gasteiger partial charge in [0, 0.05) is 13.6 Å². The van der Waals surface area contributed by atoms with E-state index in [4.69, 9.17) is 0 Å². The summed E-state index contributed by atoms with van der Waals surface area (Å²) in [6.45, 7) is 5.79. The summed E-state index contributed by atoms with van der Waals surface area (Å²) in [7, 11) is -2.25. The Hall–Kier alpha value is -1.18. The van der Waals surface area contributed by atoms with Gasteiger partial charge in [0.1, 0.15) is 5.82 Å². The SMILES string of the molecule is CCCNCCCN(C)S(=O)(=O)Nc1c(C)cccc1F. The van der Waals surface area contributed by atoms with Crippen molar-refractivity contribution in [2.24, 2.45) is 0 Å². The molecule has 0 atom stereocenters. The number of rotatable bonds is 9. The largest absolute Gasteiger partial charge is 0.317 e. The van der Waals surface area contributed by atoms with Crippen molar-refractivity contribution in [1.82, 2.24) is 9.62 Å². The molecule has 0 aliphatic carbocycles. The van der Waals surface area contributed by atoms with Gasteiger partial charge in [-0.1, -0.05) is 19.1 Å². The molecule has 0 amide bonds. The number of hydrogen-bond donors (Lipinski definition) is 2. The van der Waals surface area contributed by atoms with Crippen molar-refractivity contribution in [2.75, 3.05) is 31.4 Å². The van der Waals surface area contributed by atoms with Gasteiger partial charge in [0.25, 0.3) is 0 Å². The van der Waals surface area contributed by atoms with Gasteiger partial charge in [-0.25, -0.2) is 4.39 Å². The van der Waals surface area contributed by atoms with Crippen LogP contribution < -0.4 is 10.0 Å². The number of nitrogens with zero attached hydrogens (tertiary/aromatic N) is 1. The maximum absolute atomic E-state index is 13.7. The van der Waals surface area contributed by atoms with Crippen LogP contribution in [-0.2, 0) is 10.2 Å². The summed E-state index contributed by atoms with van der Waals surface area (Å²) >= 11 is 0. The Morgan fingerprint density at radius 2 is 2.00 bits per heavy atom. The molecular formula is C14H24FN3O2S. The molecule has 0 aromatic heterocycles. The summed E-state index contributed by atoms with van der Waals surface area (Å²) in [5.41, 5.74) is 0.560.